The summed E-state index contributed by atoms with van der Waals surface area (Å²) in [5.74, 6) is -0.978. The maximum atomic E-state index is 11.2. The van der Waals surface area contributed by atoms with Crippen LogP contribution in [0.25, 0.3) is 0 Å². The number of hydrogen-bond acceptors (Lipinski definition) is 2. The number of Topliss-reactive ketones (excluding diaryl/α,β-unsaturated/α-hetero) is 2. The molecule has 3 heteroatoms. The second kappa shape index (κ2) is 4.38. The molecule has 2 nitrogen and oxygen atoms in total. The van der Waals surface area contributed by atoms with Crippen molar-refractivity contribution < 1.29 is 9.59 Å². The van der Waals surface area contributed by atoms with Gasteiger partial charge in [0.2, 0.25) is 0 Å². The second-order valence-corrected chi connectivity index (χ2v) is 3.65. The molecule has 0 unspecified atom stereocenters. The lowest BCUT2D eigenvalue weighted by molar-refractivity contribution is -0.126. The summed E-state index contributed by atoms with van der Waals surface area (Å²) >= 11 is 5.78. The summed E-state index contributed by atoms with van der Waals surface area (Å²) in [4.78, 5) is 22.5. The van der Waals surface area contributed by atoms with Crippen LogP contribution in [-0.4, -0.2) is 11.6 Å². The van der Waals surface area contributed by atoms with Crippen molar-refractivity contribution in [1.82, 2.24) is 0 Å². The minimum absolute atomic E-state index is 0.153. The quantitative estimate of drug-likeness (QED) is 0.719. The molecule has 0 heterocycles. The van der Waals surface area contributed by atoms with Crippen LogP contribution in [0, 0.1) is 0 Å². The van der Waals surface area contributed by atoms with Crippen molar-refractivity contribution >= 4 is 23.2 Å². The van der Waals surface area contributed by atoms with Crippen molar-refractivity contribution in [2.24, 2.45) is 0 Å². The van der Waals surface area contributed by atoms with Crippen molar-refractivity contribution in [3.63, 3.8) is 0 Å². The molecular formula is C11H11ClO2. The van der Waals surface area contributed by atoms with Gasteiger partial charge in [-0.3, -0.25) is 9.59 Å². The van der Waals surface area contributed by atoms with Crippen molar-refractivity contribution in [2.75, 3.05) is 0 Å². The highest BCUT2D eigenvalue weighted by Crippen LogP contribution is 2.21. The predicted octanol–water partition coefficient (Wildman–Crippen LogP) is 2.60. The van der Waals surface area contributed by atoms with Gasteiger partial charge in [-0.15, -0.1) is 0 Å². The zero-order valence-corrected chi connectivity index (χ0v) is 8.84. The molecule has 0 fully saturated rings. The van der Waals surface area contributed by atoms with Gasteiger partial charge in [0.15, 0.2) is 0 Å². The van der Waals surface area contributed by atoms with Gasteiger partial charge in [0.05, 0.1) is 0 Å². The maximum Gasteiger partial charge on any atom is 0.144 e. The van der Waals surface area contributed by atoms with Crippen molar-refractivity contribution in [1.29, 1.82) is 0 Å². The molecule has 0 N–H and O–H groups in total. The average Bonchev–Trinajstić information content (AvgIpc) is 2.02. The molecular weight excluding hydrogens is 200 g/mol. The molecule has 1 aromatic carbocycles. The number of carbonyl (C=O) groups is 2. The van der Waals surface area contributed by atoms with Crippen LogP contribution in [-0.2, 0) is 9.59 Å². The van der Waals surface area contributed by atoms with E-state index >= 15 is 0 Å². The van der Waals surface area contributed by atoms with Gasteiger partial charge in [-0.05, 0) is 31.5 Å². The van der Waals surface area contributed by atoms with Crippen LogP contribution >= 0.6 is 11.6 Å². The first-order chi connectivity index (χ1) is 6.52. The van der Waals surface area contributed by atoms with Gasteiger partial charge in [0.25, 0.3) is 0 Å². The molecule has 0 radical (unpaired) electrons. The van der Waals surface area contributed by atoms with E-state index in [4.69, 9.17) is 11.6 Å². The smallest absolute Gasteiger partial charge is 0.144 e. The number of halogens is 1. The number of hydrogen-bond donors (Lipinski definition) is 0. The Kier molecular flexibility index (Phi) is 3.42. The van der Waals surface area contributed by atoms with E-state index in [0.29, 0.717) is 10.6 Å². The molecule has 0 aromatic heterocycles. The van der Waals surface area contributed by atoms with E-state index in [1.807, 2.05) is 0 Å². The highest BCUT2D eigenvalue weighted by molar-refractivity contribution is 6.30. The lowest BCUT2D eigenvalue weighted by Crippen LogP contribution is -2.16. The van der Waals surface area contributed by atoms with Gasteiger partial charge in [0, 0.05) is 5.02 Å². The standard InChI is InChI=1S/C11H11ClO2/c1-7(13)11(8(2)14)9-4-3-5-10(12)6-9/h3-6,11H,1-2H3. The molecule has 0 aliphatic heterocycles. The van der Waals surface area contributed by atoms with E-state index in [-0.39, 0.29) is 11.6 Å². The first-order valence-corrected chi connectivity index (χ1v) is 4.66. The first kappa shape index (κ1) is 10.9. The van der Waals surface area contributed by atoms with Crippen LogP contribution in [0.5, 0.6) is 0 Å². The molecule has 0 saturated heterocycles. The Morgan fingerprint density at radius 1 is 1.21 bits per heavy atom. The fraction of sp³-hybridized carbons (Fsp3) is 0.273. The Labute approximate surface area is 87.9 Å². The minimum Gasteiger partial charge on any atom is -0.299 e. The Morgan fingerprint density at radius 3 is 2.21 bits per heavy atom. The predicted molar refractivity (Wildman–Crippen MR) is 55.6 cm³/mol. The van der Waals surface area contributed by atoms with Crippen molar-refractivity contribution in [2.45, 2.75) is 19.8 Å². The van der Waals surface area contributed by atoms with E-state index in [1.165, 1.54) is 13.8 Å². The average molecular weight is 211 g/mol. The lowest BCUT2D eigenvalue weighted by atomic mass is 9.92. The highest BCUT2D eigenvalue weighted by Gasteiger charge is 2.21. The van der Waals surface area contributed by atoms with Crippen LogP contribution < -0.4 is 0 Å². The molecule has 0 atom stereocenters. The molecule has 1 rings (SSSR count). The summed E-state index contributed by atoms with van der Waals surface area (Å²) in [5, 5.41) is 0.537. The van der Waals surface area contributed by atoms with Crippen LogP contribution in [0.15, 0.2) is 24.3 Å². The summed E-state index contributed by atoms with van der Waals surface area (Å²) in [5.41, 5.74) is 0.664. The van der Waals surface area contributed by atoms with Crippen LogP contribution in [0.2, 0.25) is 5.02 Å². The fourth-order valence-corrected chi connectivity index (χ4v) is 1.64. The molecule has 0 saturated carbocycles. The monoisotopic (exact) mass is 210 g/mol. The van der Waals surface area contributed by atoms with E-state index in [0.717, 1.165) is 0 Å². The Hall–Kier alpha value is -1.15. The Bertz CT molecular complexity index is 357. The number of rotatable bonds is 3. The molecule has 74 valence electrons. The minimum atomic E-state index is -0.673. The summed E-state index contributed by atoms with van der Waals surface area (Å²) in [7, 11) is 0. The SMILES string of the molecule is CC(=O)C(C(C)=O)c1cccc(Cl)c1. The lowest BCUT2D eigenvalue weighted by Gasteiger charge is -2.10. The van der Waals surface area contributed by atoms with Gasteiger partial charge in [-0.1, -0.05) is 23.7 Å². The third-order valence-corrected chi connectivity index (χ3v) is 2.23. The third-order valence-electron chi connectivity index (χ3n) is 2.00. The Morgan fingerprint density at radius 2 is 1.79 bits per heavy atom. The van der Waals surface area contributed by atoms with E-state index in [2.05, 4.69) is 0 Å². The largest absolute Gasteiger partial charge is 0.299 e. The summed E-state index contributed by atoms with van der Waals surface area (Å²) in [6.45, 7) is 2.82. The molecule has 0 aliphatic carbocycles. The van der Waals surface area contributed by atoms with E-state index in [9.17, 15) is 9.59 Å². The fourth-order valence-electron chi connectivity index (χ4n) is 1.44. The topological polar surface area (TPSA) is 34.1 Å². The van der Waals surface area contributed by atoms with Crippen LogP contribution in [0.3, 0.4) is 0 Å². The first-order valence-electron chi connectivity index (χ1n) is 4.28. The van der Waals surface area contributed by atoms with Gasteiger partial charge < -0.3 is 0 Å². The molecule has 14 heavy (non-hydrogen) atoms. The van der Waals surface area contributed by atoms with Crippen LogP contribution in [0.1, 0.15) is 25.3 Å². The van der Waals surface area contributed by atoms with Gasteiger partial charge in [0.1, 0.15) is 17.5 Å². The summed E-state index contributed by atoms with van der Waals surface area (Å²) in [6, 6.07) is 6.83. The van der Waals surface area contributed by atoms with Gasteiger partial charge in [-0.2, -0.15) is 0 Å². The summed E-state index contributed by atoms with van der Waals surface area (Å²) < 4.78 is 0. The van der Waals surface area contributed by atoms with Crippen LogP contribution in [0.4, 0.5) is 0 Å². The number of benzene rings is 1. The zero-order valence-electron chi connectivity index (χ0n) is 8.08. The van der Waals surface area contributed by atoms with Crippen molar-refractivity contribution in [3.05, 3.63) is 34.9 Å². The highest BCUT2D eigenvalue weighted by atomic mass is 35.5. The molecule has 0 aliphatic rings. The second-order valence-electron chi connectivity index (χ2n) is 3.21. The molecule has 0 bridgehead atoms. The normalized spacial score (nSPS) is 10.3. The number of ketones is 2. The number of carbonyl (C=O) groups excluding carboxylic acids is 2. The molecule has 0 amide bonds. The van der Waals surface area contributed by atoms with E-state index in [1.54, 1.807) is 24.3 Å². The third kappa shape index (κ3) is 2.42. The summed E-state index contributed by atoms with van der Waals surface area (Å²) in [6.07, 6.45) is 0. The zero-order chi connectivity index (χ0) is 10.7. The maximum absolute atomic E-state index is 11.2. The van der Waals surface area contributed by atoms with Crippen molar-refractivity contribution in [3.8, 4) is 0 Å². The molecule has 0 spiro atoms. The molecule has 1 aromatic rings. The van der Waals surface area contributed by atoms with Gasteiger partial charge >= 0.3 is 0 Å². The van der Waals surface area contributed by atoms with E-state index < -0.39 is 5.92 Å². The Balaban J connectivity index is 3.12. The van der Waals surface area contributed by atoms with Gasteiger partial charge in [-0.25, -0.2) is 0 Å².